The van der Waals surface area contributed by atoms with Gasteiger partial charge in [0.05, 0.1) is 12.1 Å². The number of hydrogen-bond acceptors (Lipinski definition) is 5. The van der Waals surface area contributed by atoms with Crippen molar-refractivity contribution in [1.29, 1.82) is 0 Å². The van der Waals surface area contributed by atoms with Gasteiger partial charge < -0.3 is 20.0 Å². The van der Waals surface area contributed by atoms with Gasteiger partial charge >= 0.3 is 0 Å². The second-order valence-corrected chi connectivity index (χ2v) is 14.5. The number of likely N-dealkylation sites (tertiary alicyclic amines) is 2. The van der Waals surface area contributed by atoms with E-state index in [4.69, 9.17) is 0 Å². The summed E-state index contributed by atoms with van der Waals surface area (Å²) in [6.45, 7) is 20.2. The Bertz CT molecular complexity index is 1000. The molecule has 1 N–H and O–H groups in total. The van der Waals surface area contributed by atoms with Crippen molar-refractivity contribution in [2.45, 2.75) is 137 Å². The average molecular weight is 604 g/mol. The molecule has 2 aliphatic rings. The van der Waals surface area contributed by atoms with Crippen LogP contribution in [0.5, 0.6) is 0 Å². The molecule has 2 saturated heterocycles. The van der Waals surface area contributed by atoms with Crippen LogP contribution in [0.2, 0.25) is 0 Å². The van der Waals surface area contributed by atoms with Crippen LogP contribution in [0.15, 0.2) is 11.6 Å². The maximum atomic E-state index is 14.1. The highest BCUT2D eigenvalue weighted by molar-refractivity contribution is 5.97. The minimum absolute atomic E-state index is 0.00226. The van der Waals surface area contributed by atoms with Crippen LogP contribution >= 0.6 is 0 Å². The molecule has 2 rings (SSSR count). The summed E-state index contributed by atoms with van der Waals surface area (Å²) in [7, 11) is 3.58. The molecule has 43 heavy (non-hydrogen) atoms. The summed E-state index contributed by atoms with van der Waals surface area (Å²) < 4.78 is 0. The van der Waals surface area contributed by atoms with Crippen LogP contribution in [-0.4, -0.2) is 107 Å². The Hall–Kier alpha value is -2.42. The van der Waals surface area contributed by atoms with Crippen molar-refractivity contribution in [3.05, 3.63) is 11.6 Å². The van der Waals surface area contributed by atoms with E-state index >= 15 is 0 Å². The fourth-order valence-corrected chi connectivity index (χ4v) is 6.42. The fourth-order valence-electron chi connectivity index (χ4n) is 6.42. The Morgan fingerprint density at radius 3 is 2.14 bits per heavy atom. The lowest BCUT2D eigenvalue weighted by atomic mass is 9.84. The number of carbonyl (C=O) groups excluding carboxylic acids is 4. The summed E-state index contributed by atoms with van der Waals surface area (Å²) in [6.07, 6.45) is 8.15. The molecule has 246 valence electrons. The van der Waals surface area contributed by atoms with E-state index in [0.29, 0.717) is 25.1 Å². The number of unbranched alkanes of at least 4 members (excludes halogenated alkanes) is 1. The van der Waals surface area contributed by atoms with Gasteiger partial charge in [0.25, 0.3) is 0 Å². The van der Waals surface area contributed by atoms with Gasteiger partial charge in [-0.2, -0.15) is 0 Å². The van der Waals surface area contributed by atoms with Gasteiger partial charge in [0.2, 0.25) is 23.6 Å². The quantitative estimate of drug-likeness (QED) is 0.333. The van der Waals surface area contributed by atoms with Crippen LogP contribution in [0, 0.1) is 11.3 Å². The van der Waals surface area contributed by atoms with Gasteiger partial charge in [-0.15, -0.1) is 0 Å². The molecule has 4 atom stereocenters. The number of carbonyl (C=O) groups is 4. The van der Waals surface area contributed by atoms with Crippen LogP contribution in [0.25, 0.3) is 0 Å². The first-order valence-electron chi connectivity index (χ1n) is 16.6. The van der Waals surface area contributed by atoms with Gasteiger partial charge in [0.1, 0.15) is 12.1 Å². The summed E-state index contributed by atoms with van der Waals surface area (Å²) >= 11 is 0. The van der Waals surface area contributed by atoms with Crippen LogP contribution in [-0.2, 0) is 19.2 Å². The molecule has 0 bridgehead atoms. The number of rotatable bonds is 12. The van der Waals surface area contributed by atoms with E-state index in [2.05, 4.69) is 31.0 Å². The Labute approximate surface area is 261 Å². The van der Waals surface area contributed by atoms with E-state index in [1.807, 2.05) is 47.7 Å². The zero-order valence-corrected chi connectivity index (χ0v) is 29.0. The maximum Gasteiger partial charge on any atom is 0.249 e. The predicted octanol–water partition coefficient (Wildman–Crippen LogP) is 4.46. The molecule has 0 aromatic carbocycles. The smallest absolute Gasteiger partial charge is 0.249 e. The first kappa shape index (κ1) is 36.8. The molecule has 2 fully saturated rings. The van der Waals surface area contributed by atoms with Crippen molar-refractivity contribution >= 4 is 23.6 Å². The minimum atomic E-state index is -0.717. The van der Waals surface area contributed by atoms with Gasteiger partial charge in [-0.3, -0.25) is 24.1 Å². The lowest BCUT2D eigenvalue weighted by molar-refractivity contribution is -0.142. The van der Waals surface area contributed by atoms with Crippen molar-refractivity contribution in [2.24, 2.45) is 11.3 Å². The lowest BCUT2D eigenvalue weighted by Gasteiger charge is -2.41. The molecule has 4 amide bonds. The van der Waals surface area contributed by atoms with E-state index in [-0.39, 0.29) is 47.7 Å². The van der Waals surface area contributed by atoms with Gasteiger partial charge in [0, 0.05) is 38.8 Å². The largest absolute Gasteiger partial charge is 0.344 e. The number of amides is 4. The molecule has 9 nitrogen and oxygen atoms in total. The fraction of sp³-hybridized carbons (Fsp3) is 0.824. The summed E-state index contributed by atoms with van der Waals surface area (Å²) in [5, 5.41) is 3.14. The Balaban J connectivity index is 2.26. The molecule has 0 spiro atoms. The molecule has 0 aromatic heterocycles. The minimum Gasteiger partial charge on any atom is -0.344 e. The van der Waals surface area contributed by atoms with Crippen LogP contribution in [0.1, 0.15) is 107 Å². The SMILES string of the molecule is CCCCN(C)C(=O)[C@@H]1CCCN1C(=O)C(C)=CC(C(C)C)N(C)C(=O)[C@@H](NC(=O)[C@H]1CCCCN1C(C)C)C(C)(C)C. The van der Waals surface area contributed by atoms with Crippen molar-refractivity contribution in [3.8, 4) is 0 Å². The van der Waals surface area contributed by atoms with E-state index in [1.54, 1.807) is 28.7 Å². The number of piperidine rings is 1. The molecule has 0 radical (unpaired) electrons. The van der Waals surface area contributed by atoms with Crippen LogP contribution in [0.4, 0.5) is 0 Å². The van der Waals surface area contributed by atoms with Crippen LogP contribution < -0.4 is 5.32 Å². The highest BCUT2D eigenvalue weighted by Crippen LogP contribution is 2.27. The highest BCUT2D eigenvalue weighted by Gasteiger charge is 2.40. The zero-order valence-electron chi connectivity index (χ0n) is 29.0. The lowest BCUT2D eigenvalue weighted by Crippen LogP contribution is -2.60. The normalized spacial score (nSPS) is 21.6. The predicted molar refractivity (Wildman–Crippen MR) is 173 cm³/mol. The summed E-state index contributed by atoms with van der Waals surface area (Å²) in [5.41, 5.74) is 0.0156. The molecular weight excluding hydrogens is 542 g/mol. The summed E-state index contributed by atoms with van der Waals surface area (Å²) in [4.78, 5) is 61.9. The van der Waals surface area contributed by atoms with Gasteiger partial charge in [-0.25, -0.2) is 0 Å². The molecule has 0 aromatic rings. The molecule has 0 aliphatic carbocycles. The molecular formula is C34H61N5O4. The molecule has 1 unspecified atom stereocenters. The monoisotopic (exact) mass is 603 g/mol. The zero-order chi connectivity index (χ0) is 32.6. The first-order valence-corrected chi connectivity index (χ1v) is 16.6. The Kier molecular flexibility index (Phi) is 13.7. The third-order valence-electron chi connectivity index (χ3n) is 9.17. The number of nitrogens with one attached hydrogen (secondary N) is 1. The Morgan fingerprint density at radius 2 is 1.58 bits per heavy atom. The van der Waals surface area contributed by atoms with Crippen molar-refractivity contribution < 1.29 is 19.2 Å². The molecule has 2 heterocycles. The molecule has 9 heteroatoms. The number of nitrogens with zero attached hydrogens (tertiary/aromatic N) is 4. The first-order chi connectivity index (χ1) is 20.0. The second kappa shape index (κ2) is 16.1. The van der Waals surface area contributed by atoms with Crippen molar-refractivity contribution in [3.63, 3.8) is 0 Å². The topological polar surface area (TPSA) is 93.3 Å². The average Bonchev–Trinajstić information content (AvgIpc) is 3.44. The standard InChI is InChI=1S/C34H61N5O4/c1-12-13-19-36(10)32(42)27-18-16-21-39(27)31(41)25(6)22-28(23(2)3)37(11)33(43)29(34(7,8)9)35-30(40)26-17-14-15-20-38(26)24(4)5/h22-24,26-29H,12-21H2,1-11H3,(H,35,40)/t26-,27+,28?,29-/m1/s1. The van der Waals surface area contributed by atoms with Gasteiger partial charge in [-0.1, -0.05) is 60.5 Å². The van der Waals surface area contributed by atoms with Crippen LogP contribution in [0.3, 0.4) is 0 Å². The van der Waals surface area contributed by atoms with Crippen molar-refractivity contribution in [1.82, 2.24) is 24.9 Å². The van der Waals surface area contributed by atoms with E-state index in [9.17, 15) is 19.2 Å². The van der Waals surface area contributed by atoms with Crippen molar-refractivity contribution in [2.75, 3.05) is 33.7 Å². The van der Waals surface area contributed by atoms with Gasteiger partial charge in [0.15, 0.2) is 0 Å². The summed E-state index contributed by atoms with van der Waals surface area (Å²) in [6, 6.07) is -1.51. The van der Waals surface area contributed by atoms with Gasteiger partial charge in [-0.05, 0) is 70.8 Å². The third-order valence-corrected chi connectivity index (χ3v) is 9.17. The maximum absolute atomic E-state index is 14.1. The summed E-state index contributed by atoms with van der Waals surface area (Å²) in [5.74, 6) is -0.393. The Morgan fingerprint density at radius 1 is 0.953 bits per heavy atom. The second-order valence-electron chi connectivity index (χ2n) is 14.5. The molecule has 0 saturated carbocycles. The van der Waals surface area contributed by atoms with E-state index < -0.39 is 17.5 Å². The third kappa shape index (κ3) is 9.53. The van der Waals surface area contributed by atoms with E-state index in [1.165, 1.54) is 0 Å². The highest BCUT2D eigenvalue weighted by atomic mass is 16.2. The number of likely N-dealkylation sites (N-methyl/N-ethyl adjacent to an activating group) is 2. The van der Waals surface area contributed by atoms with E-state index in [0.717, 1.165) is 45.1 Å². The molecule has 2 aliphatic heterocycles. The number of hydrogen-bond donors (Lipinski definition) is 1.